The number of rotatable bonds is 3. The van der Waals surface area contributed by atoms with Gasteiger partial charge in [0.15, 0.2) is 0 Å². The van der Waals surface area contributed by atoms with E-state index < -0.39 is 6.10 Å². The summed E-state index contributed by atoms with van der Waals surface area (Å²) < 4.78 is 5.38. The van der Waals surface area contributed by atoms with Crippen molar-refractivity contribution in [3.05, 3.63) is 53.0 Å². The second kappa shape index (κ2) is 7.11. The lowest BCUT2D eigenvalue weighted by atomic mass is 10.1. The molecule has 6 heteroatoms. The molecular formula is C19H22N2O4. The smallest absolute Gasteiger partial charge is 0.259 e. The molecular weight excluding hydrogens is 320 g/mol. The number of hydrogen-bond acceptors (Lipinski definition) is 4. The fraction of sp³-hybridized carbons (Fsp3) is 0.368. The van der Waals surface area contributed by atoms with Gasteiger partial charge in [0.25, 0.3) is 11.8 Å². The molecule has 3 rings (SSSR count). The first-order chi connectivity index (χ1) is 11.9. The van der Waals surface area contributed by atoms with E-state index in [-0.39, 0.29) is 11.8 Å². The number of likely N-dealkylation sites (tertiary alicyclic amines) is 1. The molecule has 1 aliphatic heterocycles. The standard InChI is InChI=1S/C19H22N2O4/c1-12-9-17(13(2)25-12)18(23)20-15-6-3-5-14(10-15)19(24)21-8-4-7-16(22)11-21/h3,5-6,9-10,16,22H,4,7-8,11H2,1-2H3,(H,20,23)/t16-/m1/s1. The van der Waals surface area contributed by atoms with Crippen molar-refractivity contribution in [2.45, 2.75) is 32.8 Å². The summed E-state index contributed by atoms with van der Waals surface area (Å²) in [5.41, 5.74) is 1.52. The van der Waals surface area contributed by atoms with Crippen LogP contribution >= 0.6 is 0 Å². The summed E-state index contributed by atoms with van der Waals surface area (Å²) in [4.78, 5) is 26.6. The first-order valence-electron chi connectivity index (χ1n) is 8.40. The number of β-amino-alcohol motifs (C(OH)–C–C–N with tert-alkyl or cyclic N) is 1. The van der Waals surface area contributed by atoms with Gasteiger partial charge < -0.3 is 19.7 Å². The molecule has 132 valence electrons. The van der Waals surface area contributed by atoms with Crippen molar-refractivity contribution in [2.24, 2.45) is 0 Å². The number of nitrogens with zero attached hydrogens (tertiary/aromatic N) is 1. The number of carbonyl (C=O) groups is 2. The van der Waals surface area contributed by atoms with Crippen LogP contribution in [0.4, 0.5) is 5.69 Å². The molecule has 2 heterocycles. The fourth-order valence-electron chi connectivity index (χ4n) is 3.11. The Labute approximate surface area is 146 Å². The van der Waals surface area contributed by atoms with Gasteiger partial charge in [-0.25, -0.2) is 0 Å². The maximum Gasteiger partial charge on any atom is 0.259 e. The van der Waals surface area contributed by atoms with E-state index in [1.807, 2.05) is 0 Å². The normalized spacial score (nSPS) is 17.4. The van der Waals surface area contributed by atoms with E-state index in [0.29, 0.717) is 41.4 Å². The number of carbonyl (C=O) groups excluding carboxylic acids is 2. The Bertz CT molecular complexity index is 796. The van der Waals surface area contributed by atoms with Crippen molar-refractivity contribution in [1.82, 2.24) is 4.90 Å². The summed E-state index contributed by atoms with van der Waals surface area (Å²) in [6, 6.07) is 8.53. The van der Waals surface area contributed by atoms with Gasteiger partial charge in [0.1, 0.15) is 11.5 Å². The van der Waals surface area contributed by atoms with Crippen LogP contribution in [0.3, 0.4) is 0 Å². The molecule has 1 atom stereocenters. The van der Waals surface area contributed by atoms with Crippen LogP contribution in [0.2, 0.25) is 0 Å². The van der Waals surface area contributed by atoms with Gasteiger partial charge in [-0.05, 0) is 51.0 Å². The summed E-state index contributed by atoms with van der Waals surface area (Å²) in [5.74, 6) is 0.831. The van der Waals surface area contributed by atoms with E-state index in [2.05, 4.69) is 5.32 Å². The number of nitrogens with one attached hydrogen (secondary N) is 1. The van der Waals surface area contributed by atoms with Gasteiger partial charge in [0.05, 0.1) is 11.7 Å². The van der Waals surface area contributed by atoms with Gasteiger partial charge in [-0.3, -0.25) is 9.59 Å². The maximum atomic E-state index is 12.6. The molecule has 6 nitrogen and oxygen atoms in total. The molecule has 1 aliphatic rings. The van der Waals surface area contributed by atoms with Crippen molar-refractivity contribution >= 4 is 17.5 Å². The van der Waals surface area contributed by atoms with Crippen LogP contribution in [0.15, 0.2) is 34.7 Å². The Balaban J connectivity index is 1.74. The SMILES string of the molecule is Cc1cc(C(=O)Nc2cccc(C(=O)N3CCC[C@@H](O)C3)c2)c(C)o1. The number of anilines is 1. The van der Waals surface area contributed by atoms with Crippen LogP contribution in [-0.2, 0) is 0 Å². The average Bonchev–Trinajstić information content (AvgIpc) is 2.93. The van der Waals surface area contributed by atoms with E-state index in [4.69, 9.17) is 4.42 Å². The van der Waals surface area contributed by atoms with Crippen molar-refractivity contribution in [3.63, 3.8) is 0 Å². The Kier molecular flexibility index (Phi) is 4.90. The number of benzene rings is 1. The summed E-state index contributed by atoms with van der Waals surface area (Å²) in [6.45, 7) is 4.52. The van der Waals surface area contributed by atoms with Gasteiger partial charge in [-0.1, -0.05) is 6.07 Å². The quantitative estimate of drug-likeness (QED) is 0.898. The predicted octanol–water partition coefficient (Wildman–Crippen LogP) is 2.75. The number of aliphatic hydroxyl groups is 1. The number of furan rings is 1. The Morgan fingerprint density at radius 1 is 1.28 bits per heavy atom. The summed E-state index contributed by atoms with van der Waals surface area (Å²) in [7, 11) is 0. The van der Waals surface area contributed by atoms with Crippen LogP contribution in [-0.4, -0.2) is 41.0 Å². The van der Waals surface area contributed by atoms with Crippen LogP contribution in [0.25, 0.3) is 0 Å². The Morgan fingerprint density at radius 2 is 2.08 bits per heavy atom. The maximum absolute atomic E-state index is 12.6. The molecule has 0 bridgehead atoms. The minimum Gasteiger partial charge on any atom is -0.466 e. The van der Waals surface area contributed by atoms with Crippen LogP contribution in [0.1, 0.15) is 45.1 Å². The van der Waals surface area contributed by atoms with E-state index in [1.54, 1.807) is 49.1 Å². The second-order valence-corrected chi connectivity index (χ2v) is 6.41. The lowest BCUT2D eigenvalue weighted by Crippen LogP contribution is -2.42. The molecule has 2 amide bonds. The predicted molar refractivity (Wildman–Crippen MR) is 93.7 cm³/mol. The molecule has 1 fully saturated rings. The van der Waals surface area contributed by atoms with E-state index in [1.165, 1.54) is 0 Å². The number of aryl methyl sites for hydroxylation is 2. The van der Waals surface area contributed by atoms with Crippen LogP contribution in [0, 0.1) is 13.8 Å². The molecule has 0 saturated carbocycles. The highest BCUT2D eigenvalue weighted by atomic mass is 16.3. The zero-order valence-corrected chi connectivity index (χ0v) is 14.4. The zero-order valence-electron chi connectivity index (χ0n) is 14.4. The number of hydrogen-bond donors (Lipinski definition) is 2. The third kappa shape index (κ3) is 3.91. The summed E-state index contributed by atoms with van der Waals surface area (Å²) >= 11 is 0. The minimum absolute atomic E-state index is 0.134. The molecule has 1 aromatic carbocycles. The summed E-state index contributed by atoms with van der Waals surface area (Å²) in [5, 5.41) is 12.5. The molecule has 0 unspecified atom stereocenters. The van der Waals surface area contributed by atoms with Crippen molar-refractivity contribution in [2.75, 3.05) is 18.4 Å². The number of piperidine rings is 1. The Morgan fingerprint density at radius 3 is 2.76 bits per heavy atom. The number of aliphatic hydroxyl groups excluding tert-OH is 1. The Hall–Kier alpha value is -2.60. The molecule has 0 radical (unpaired) electrons. The fourth-order valence-corrected chi connectivity index (χ4v) is 3.11. The number of amides is 2. The zero-order chi connectivity index (χ0) is 18.0. The first kappa shape index (κ1) is 17.2. The highest BCUT2D eigenvalue weighted by molar-refractivity contribution is 6.05. The molecule has 1 saturated heterocycles. The third-order valence-corrected chi connectivity index (χ3v) is 4.34. The van der Waals surface area contributed by atoms with Gasteiger partial charge in [-0.2, -0.15) is 0 Å². The van der Waals surface area contributed by atoms with E-state index in [9.17, 15) is 14.7 Å². The lowest BCUT2D eigenvalue weighted by Gasteiger charge is -2.30. The first-order valence-corrected chi connectivity index (χ1v) is 8.40. The average molecular weight is 342 g/mol. The molecule has 2 aromatic rings. The van der Waals surface area contributed by atoms with Crippen molar-refractivity contribution in [1.29, 1.82) is 0 Å². The lowest BCUT2D eigenvalue weighted by molar-refractivity contribution is 0.0474. The highest BCUT2D eigenvalue weighted by Crippen LogP contribution is 2.19. The van der Waals surface area contributed by atoms with Crippen LogP contribution in [0.5, 0.6) is 0 Å². The van der Waals surface area contributed by atoms with Crippen molar-refractivity contribution in [3.8, 4) is 0 Å². The van der Waals surface area contributed by atoms with E-state index >= 15 is 0 Å². The third-order valence-electron chi connectivity index (χ3n) is 4.34. The van der Waals surface area contributed by atoms with Gasteiger partial charge >= 0.3 is 0 Å². The van der Waals surface area contributed by atoms with Crippen molar-refractivity contribution < 1.29 is 19.1 Å². The molecule has 1 aromatic heterocycles. The topological polar surface area (TPSA) is 82.8 Å². The van der Waals surface area contributed by atoms with Gasteiger partial charge in [0.2, 0.25) is 0 Å². The largest absolute Gasteiger partial charge is 0.466 e. The highest BCUT2D eigenvalue weighted by Gasteiger charge is 2.23. The van der Waals surface area contributed by atoms with E-state index in [0.717, 1.165) is 12.8 Å². The second-order valence-electron chi connectivity index (χ2n) is 6.41. The minimum atomic E-state index is -0.465. The molecule has 0 aliphatic carbocycles. The molecule has 0 spiro atoms. The monoisotopic (exact) mass is 342 g/mol. The molecule has 25 heavy (non-hydrogen) atoms. The molecule has 2 N–H and O–H groups in total. The van der Waals surface area contributed by atoms with Gasteiger partial charge in [-0.15, -0.1) is 0 Å². The van der Waals surface area contributed by atoms with Crippen LogP contribution < -0.4 is 5.32 Å². The van der Waals surface area contributed by atoms with Gasteiger partial charge in [0, 0.05) is 24.3 Å². The summed E-state index contributed by atoms with van der Waals surface area (Å²) in [6.07, 6.45) is 1.05.